The molecule has 6 nitrogen and oxygen atoms in total. The molecule has 228 valence electrons. The standard InChI is InChI=1S/C35H54N2O4/c1-9-41-28(39)14-21-37-30(40)35-16-12-24(23(2)3)29(35)25-10-11-27-32(6,19-20-36)26(31(4,5)22-38)13-15-34(27,8)33(25,7)17-18-35/h22,24-27,29H,2,9-19,21H2,1,3-8H3,(H,37,40)/t24-,25?,26?,27?,29?,32-,33+,34+,35?/m0/s1. The number of esters is 1. The van der Waals surface area contributed by atoms with E-state index in [-0.39, 0.29) is 46.4 Å². The number of allylic oxidation sites excluding steroid dienone is 1. The van der Waals surface area contributed by atoms with E-state index in [0.717, 1.165) is 57.7 Å². The van der Waals surface area contributed by atoms with Gasteiger partial charge in [0.15, 0.2) is 0 Å². The molecule has 0 aromatic heterocycles. The number of rotatable bonds is 9. The lowest BCUT2D eigenvalue weighted by molar-refractivity contribution is -0.224. The number of amides is 1. The Bertz CT molecular complexity index is 1110. The summed E-state index contributed by atoms with van der Waals surface area (Å²) in [5.41, 5.74) is 0.0934. The zero-order chi connectivity index (χ0) is 30.4. The Hall–Kier alpha value is -2.16. The van der Waals surface area contributed by atoms with E-state index in [1.807, 2.05) is 0 Å². The van der Waals surface area contributed by atoms with E-state index in [1.54, 1.807) is 6.92 Å². The molecule has 6 heteroatoms. The topological polar surface area (TPSA) is 96.3 Å². The molecule has 1 N–H and O–H groups in total. The van der Waals surface area contributed by atoms with Crippen LogP contribution in [0.1, 0.15) is 113 Å². The summed E-state index contributed by atoms with van der Waals surface area (Å²) in [6.45, 7) is 20.4. The van der Waals surface area contributed by atoms with E-state index in [2.05, 4.69) is 59.5 Å². The van der Waals surface area contributed by atoms with Crippen molar-refractivity contribution in [2.45, 2.75) is 113 Å². The number of carbonyl (C=O) groups excluding carboxylic acids is 3. The fourth-order valence-corrected chi connectivity index (χ4v) is 11.3. The lowest BCUT2D eigenvalue weighted by Crippen LogP contribution is -2.66. The van der Waals surface area contributed by atoms with Gasteiger partial charge in [0.2, 0.25) is 5.91 Å². The summed E-state index contributed by atoms with van der Waals surface area (Å²) in [7, 11) is 0. The van der Waals surface area contributed by atoms with E-state index < -0.39 is 10.8 Å². The van der Waals surface area contributed by atoms with Crippen molar-refractivity contribution in [3.63, 3.8) is 0 Å². The Kier molecular flexibility index (Phi) is 8.65. The lowest BCUT2D eigenvalue weighted by atomic mass is 9.33. The smallest absolute Gasteiger partial charge is 0.307 e. The van der Waals surface area contributed by atoms with Crippen LogP contribution in [0.4, 0.5) is 0 Å². The van der Waals surface area contributed by atoms with Gasteiger partial charge in [-0.05, 0) is 111 Å². The summed E-state index contributed by atoms with van der Waals surface area (Å²) >= 11 is 0. The van der Waals surface area contributed by atoms with Crippen molar-refractivity contribution in [2.24, 2.45) is 56.7 Å². The zero-order valence-electron chi connectivity index (χ0n) is 26.7. The fraction of sp³-hybridized carbons (Fsp3) is 0.829. The average molecular weight is 567 g/mol. The van der Waals surface area contributed by atoms with Crippen LogP contribution in [0, 0.1) is 68.0 Å². The Morgan fingerprint density at radius 3 is 2.39 bits per heavy atom. The number of carbonyl (C=O) groups is 3. The first kappa shape index (κ1) is 31.8. The lowest BCUT2D eigenvalue weighted by Gasteiger charge is -2.71. The molecule has 1 amide bonds. The Morgan fingerprint density at radius 2 is 1.78 bits per heavy atom. The monoisotopic (exact) mass is 566 g/mol. The van der Waals surface area contributed by atoms with Gasteiger partial charge < -0.3 is 14.8 Å². The third-order valence-corrected chi connectivity index (χ3v) is 13.4. The molecule has 9 atom stereocenters. The Balaban J connectivity index is 1.69. The van der Waals surface area contributed by atoms with Crippen LogP contribution in [0.25, 0.3) is 0 Å². The van der Waals surface area contributed by atoms with Gasteiger partial charge in [0.1, 0.15) is 6.29 Å². The summed E-state index contributed by atoms with van der Waals surface area (Å²) in [6.07, 6.45) is 9.55. The predicted octanol–water partition coefficient (Wildman–Crippen LogP) is 7.03. The minimum atomic E-state index is -0.468. The van der Waals surface area contributed by atoms with Gasteiger partial charge in [-0.25, -0.2) is 0 Å². The largest absolute Gasteiger partial charge is 0.466 e. The van der Waals surface area contributed by atoms with Crippen molar-refractivity contribution in [1.29, 1.82) is 5.26 Å². The number of hydrogen-bond acceptors (Lipinski definition) is 5. The Morgan fingerprint density at radius 1 is 1.07 bits per heavy atom. The first-order valence-corrected chi connectivity index (χ1v) is 16.1. The van der Waals surface area contributed by atoms with Crippen molar-refractivity contribution < 1.29 is 19.1 Å². The third kappa shape index (κ3) is 4.78. The SMILES string of the molecule is C=C(C)[C@@H]1CCC2(C(=O)NCCC(=O)OCC)CC[C@]3(C)C(CCC4[C@@](C)(CC#N)C(C(C)(C)C=O)CC[C@]43C)C12. The molecular weight excluding hydrogens is 512 g/mol. The average Bonchev–Trinajstić information content (AvgIpc) is 3.31. The molecule has 5 unspecified atom stereocenters. The van der Waals surface area contributed by atoms with E-state index in [0.29, 0.717) is 37.3 Å². The number of hydrogen-bond donors (Lipinski definition) is 1. The molecule has 0 aromatic rings. The normalized spacial score (nSPS) is 41.7. The molecule has 0 saturated heterocycles. The highest BCUT2D eigenvalue weighted by Gasteiger charge is 2.71. The van der Waals surface area contributed by atoms with Crippen LogP contribution in [0.2, 0.25) is 0 Å². The second-order valence-electron chi connectivity index (χ2n) is 15.4. The highest BCUT2D eigenvalue weighted by atomic mass is 16.5. The zero-order valence-corrected chi connectivity index (χ0v) is 26.7. The van der Waals surface area contributed by atoms with Crippen molar-refractivity contribution in [1.82, 2.24) is 5.32 Å². The van der Waals surface area contributed by atoms with Gasteiger partial charge in [0.05, 0.1) is 24.5 Å². The molecule has 4 fully saturated rings. The molecule has 4 aliphatic rings. The maximum Gasteiger partial charge on any atom is 0.307 e. The minimum absolute atomic E-state index is 0.0196. The van der Waals surface area contributed by atoms with Crippen LogP contribution < -0.4 is 5.32 Å². The molecule has 4 rings (SSSR count). The van der Waals surface area contributed by atoms with Gasteiger partial charge >= 0.3 is 5.97 Å². The van der Waals surface area contributed by atoms with Crippen molar-refractivity contribution in [3.05, 3.63) is 12.2 Å². The van der Waals surface area contributed by atoms with Crippen molar-refractivity contribution >= 4 is 18.2 Å². The van der Waals surface area contributed by atoms with Gasteiger partial charge in [0, 0.05) is 18.4 Å². The summed E-state index contributed by atoms with van der Waals surface area (Å²) in [5.74, 6) is 1.29. The summed E-state index contributed by atoms with van der Waals surface area (Å²) in [5, 5.41) is 13.2. The molecule has 4 aliphatic carbocycles. The van der Waals surface area contributed by atoms with Gasteiger partial charge in [-0.1, -0.05) is 46.8 Å². The highest BCUT2D eigenvalue weighted by Crippen LogP contribution is 2.76. The molecular formula is C35H54N2O4. The van der Waals surface area contributed by atoms with Gasteiger partial charge in [-0.2, -0.15) is 5.26 Å². The second kappa shape index (κ2) is 11.2. The van der Waals surface area contributed by atoms with Crippen LogP contribution in [-0.4, -0.2) is 31.3 Å². The van der Waals surface area contributed by atoms with E-state index in [1.165, 1.54) is 5.57 Å². The van der Waals surface area contributed by atoms with Crippen LogP contribution in [0.5, 0.6) is 0 Å². The molecule has 0 bridgehead atoms. The summed E-state index contributed by atoms with van der Waals surface area (Å²) < 4.78 is 5.08. The third-order valence-electron chi connectivity index (χ3n) is 13.4. The number of fused-ring (bicyclic) bond motifs is 5. The molecule has 41 heavy (non-hydrogen) atoms. The predicted molar refractivity (Wildman–Crippen MR) is 160 cm³/mol. The van der Waals surface area contributed by atoms with Gasteiger partial charge in [-0.3, -0.25) is 9.59 Å². The molecule has 0 heterocycles. The van der Waals surface area contributed by atoms with E-state index >= 15 is 0 Å². The number of nitriles is 1. The van der Waals surface area contributed by atoms with Crippen molar-refractivity contribution in [3.8, 4) is 6.07 Å². The van der Waals surface area contributed by atoms with Crippen LogP contribution in [0.15, 0.2) is 12.2 Å². The minimum Gasteiger partial charge on any atom is -0.466 e. The number of ether oxygens (including phenoxy) is 1. The number of aldehydes is 1. The van der Waals surface area contributed by atoms with E-state index in [4.69, 9.17) is 4.74 Å². The fourth-order valence-electron chi connectivity index (χ4n) is 11.3. The molecule has 4 saturated carbocycles. The molecule has 0 aliphatic heterocycles. The van der Waals surface area contributed by atoms with Crippen molar-refractivity contribution in [2.75, 3.05) is 13.2 Å². The summed E-state index contributed by atoms with van der Waals surface area (Å²) in [6, 6.07) is 2.54. The maximum atomic E-state index is 14.1. The second-order valence-corrected chi connectivity index (χ2v) is 15.4. The highest BCUT2D eigenvalue weighted by molar-refractivity contribution is 5.84. The van der Waals surface area contributed by atoms with Gasteiger partial charge in [0.25, 0.3) is 0 Å². The first-order valence-electron chi connectivity index (χ1n) is 16.1. The quantitative estimate of drug-likeness (QED) is 0.184. The molecule has 0 radical (unpaired) electrons. The molecule has 0 spiro atoms. The van der Waals surface area contributed by atoms with Crippen LogP contribution >= 0.6 is 0 Å². The number of nitrogens with one attached hydrogen (secondary N) is 1. The van der Waals surface area contributed by atoms with Crippen LogP contribution in [-0.2, 0) is 19.1 Å². The van der Waals surface area contributed by atoms with Crippen LogP contribution in [0.3, 0.4) is 0 Å². The molecule has 0 aromatic carbocycles. The Labute approximate surface area is 248 Å². The number of nitrogens with zero attached hydrogens (tertiary/aromatic N) is 1. The van der Waals surface area contributed by atoms with Gasteiger partial charge in [-0.15, -0.1) is 0 Å². The first-order chi connectivity index (χ1) is 19.2. The van der Waals surface area contributed by atoms with E-state index in [9.17, 15) is 19.6 Å². The summed E-state index contributed by atoms with van der Waals surface area (Å²) in [4.78, 5) is 38.3. The maximum absolute atomic E-state index is 14.1.